The summed E-state index contributed by atoms with van der Waals surface area (Å²) in [6, 6.07) is 19.2. The highest BCUT2D eigenvalue weighted by Crippen LogP contribution is 2.46. The number of rotatable bonds is 12. The number of halogens is 3. The number of amides is 1. The van der Waals surface area contributed by atoms with Crippen molar-refractivity contribution in [1.29, 1.82) is 0 Å². The van der Waals surface area contributed by atoms with Crippen LogP contribution in [0.3, 0.4) is 0 Å². The molecule has 5 aromatic rings. The number of benzene rings is 3. The Morgan fingerprint density at radius 3 is 2.55 bits per heavy atom. The van der Waals surface area contributed by atoms with Gasteiger partial charge >= 0.3 is 6.11 Å². The SMILES string of the molecule is CC1(C)CCC(CN2CCN(c3ccc(C(=O)NS(=O)(=O)c4ccc(NC[C@H]5COCCO5)c([N+](=O)[O-])c4)c(N4CC(F)(F)Oc5nc6[nH]ccc6cc54)c3)CC2)=C(c2ccc(Cl)cc2)C1. The zero-order chi connectivity index (χ0) is 46.4. The quantitative estimate of drug-likeness (QED) is 0.0809. The predicted octanol–water partition coefficient (Wildman–Crippen LogP) is 7.98. The number of fused-ring (bicyclic) bond motifs is 2. The lowest BCUT2D eigenvalue weighted by Crippen LogP contribution is -2.47. The summed E-state index contributed by atoms with van der Waals surface area (Å²) in [5.41, 5.74) is 4.38. The second kappa shape index (κ2) is 18.1. The van der Waals surface area contributed by atoms with E-state index in [1.54, 1.807) is 30.5 Å². The Morgan fingerprint density at radius 1 is 1.02 bits per heavy atom. The van der Waals surface area contributed by atoms with Crippen molar-refractivity contribution in [1.82, 2.24) is 19.6 Å². The molecular formula is C46H49ClF2N8O8S. The lowest BCUT2D eigenvalue weighted by molar-refractivity contribution is -0.384. The summed E-state index contributed by atoms with van der Waals surface area (Å²) in [7, 11) is -4.76. The highest BCUT2D eigenvalue weighted by molar-refractivity contribution is 7.90. The van der Waals surface area contributed by atoms with Crippen LogP contribution in [0.5, 0.6) is 5.88 Å². The number of nitrogens with zero attached hydrogens (tertiary/aromatic N) is 5. The van der Waals surface area contributed by atoms with Gasteiger partial charge in [0.25, 0.3) is 21.6 Å². The maximum absolute atomic E-state index is 15.5. The molecule has 9 rings (SSSR count). The fraction of sp³-hybridized carbons (Fsp3) is 0.391. The molecule has 5 heterocycles. The third-order valence-corrected chi connectivity index (χ3v) is 14.1. The third kappa shape index (κ3) is 9.81. The molecule has 2 aromatic heterocycles. The lowest BCUT2D eigenvalue weighted by Gasteiger charge is -2.40. The molecule has 0 unspecified atom stereocenters. The smallest absolute Gasteiger partial charge is 0.411 e. The first-order valence-corrected chi connectivity index (χ1v) is 23.6. The van der Waals surface area contributed by atoms with E-state index in [1.165, 1.54) is 33.7 Å². The van der Waals surface area contributed by atoms with Crippen LogP contribution in [0.4, 0.5) is 37.2 Å². The van der Waals surface area contributed by atoms with Gasteiger partial charge in [-0.1, -0.05) is 43.2 Å². The zero-order valence-corrected chi connectivity index (χ0v) is 37.9. The number of carbonyl (C=O) groups excluding carboxylic acids is 1. The molecule has 0 saturated carbocycles. The Morgan fingerprint density at radius 2 is 1.80 bits per heavy atom. The summed E-state index contributed by atoms with van der Waals surface area (Å²) in [5.74, 6) is -1.53. The van der Waals surface area contributed by atoms with Crippen molar-refractivity contribution in [2.45, 2.75) is 50.2 Å². The number of anilines is 4. The molecule has 1 amide bonds. The van der Waals surface area contributed by atoms with E-state index in [4.69, 9.17) is 25.8 Å². The number of nitrogens with one attached hydrogen (secondary N) is 3. The van der Waals surface area contributed by atoms with Crippen LogP contribution in [0.15, 0.2) is 89.5 Å². The number of hydrogen-bond donors (Lipinski definition) is 3. The Bertz CT molecular complexity index is 2810. The van der Waals surface area contributed by atoms with E-state index < -0.39 is 44.1 Å². The van der Waals surface area contributed by atoms with Crippen molar-refractivity contribution in [3.8, 4) is 5.88 Å². The summed E-state index contributed by atoms with van der Waals surface area (Å²) in [4.78, 5) is 38.0. The number of alkyl halides is 2. The first kappa shape index (κ1) is 45.3. The number of nitro groups is 1. The van der Waals surface area contributed by atoms with Crippen LogP contribution in [0.1, 0.15) is 49.0 Å². The number of hydrogen-bond acceptors (Lipinski definition) is 13. The van der Waals surface area contributed by atoms with Crippen molar-refractivity contribution in [2.24, 2.45) is 5.41 Å². The number of aromatic nitrogens is 2. The van der Waals surface area contributed by atoms with E-state index in [0.29, 0.717) is 61.1 Å². The summed E-state index contributed by atoms with van der Waals surface area (Å²) in [6.45, 7) is 8.19. The van der Waals surface area contributed by atoms with Crippen molar-refractivity contribution < 1.29 is 41.1 Å². The topological polar surface area (TPSA) is 185 Å². The minimum absolute atomic E-state index is 0.0226. The van der Waals surface area contributed by atoms with Gasteiger partial charge in [-0.2, -0.15) is 13.8 Å². The number of carbonyl (C=O) groups is 1. The maximum atomic E-state index is 15.5. The largest absolute Gasteiger partial charge is 0.417 e. The first-order chi connectivity index (χ1) is 31.5. The monoisotopic (exact) mass is 946 g/mol. The molecule has 66 heavy (non-hydrogen) atoms. The van der Waals surface area contributed by atoms with Gasteiger partial charge in [0, 0.05) is 67.6 Å². The molecule has 4 aliphatic rings. The van der Waals surface area contributed by atoms with E-state index in [9.17, 15) is 23.3 Å². The van der Waals surface area contributed by atoms with Gasteiger partial charge in [-0.15, -0.1) is 0 Å². The molecule has 1 aliphatic carbocycles. The van der Waals surface area contributed by atoms with Crippen LogP contribution in [-0.4, -0.2) is 112 Å². The Balaban J connectivity index is 0.999. The number of aromatic amines is 1. The van der Waals surface area contributed by atoms with Crippen LogP contribution >= 0.6 is 11.6 Å². The predicted molar refractivity (Wildman–Crippen MR) is 247 cm³/mol. The number of sulfonamides is 1. The van der Waals surface area contributed by atoms with Gasteiger partial charge in [-0.25, -0.2) is 13.1 Å². The maximum Gasteiger partial charge on any atom is 0.417 e. The molecule has 1 atom stereocenters. The molecule has 3 aliphatic heterocycles. The van der Waals surface area contributed by atoms with Crippen molar-refractivity contribution in [3.05, 3.63) is 111 Å². The molecule has 2 fully saturated rings. The highest BCUT2D eigenvalue weighted by atomic mass is 35.5. The average molecular weight is 947 g/mol. The normalized spacial score (nSPS) is 19.9. The molecule has 348 valence electrons. The van der Waals surface area contributed by atoms with Crippen LogP contribution in [0.2, 0.25) is 5.02 Å². The van der Waals surface area contributed by atoms with Gasteiger partial charge < -0.3 is 34.3 Å². The molecule has 0 radical (unpaired) electrons. The van der Waals surface area contributed by atoms with E-state index >= 15 is 8.78 Å². The molecular weight excluding hydrogens is 898 g/mol. The third-order valence-electron chi connectivity index (χ3n) is 12.5. The number of nitro benzene ring substituents is 1. The second-order valence-corrected chi connectivity index (χ2v) is 19.9. The Labute approximate surface area is 385 Å². The van der Waals surface area contributed by atoms with Gasteiger partial charge in [0.15, 0.2) is 0 Å². The second-order valence-electron chi connectivity index (χ2n) is 17.8. The van der Waals surface area contributed by atoms with Gasteiger partial charge in [-0.05, 0) is 90.4 Å². The number of allylic oxidation sites excluding steroid dienone is 1. The molecule has 3 aromatic carbocycles. The van der Waals surface area contributed by atoms with Gasteiger partial charge in [0.05, 0.1) is 47.0 Å². The first-order valence-electron chi connectivity index (χ1n) is 21.7. The van der Waals surface area contributed by atoms with Crippen molar-refractivity contribution >= 4 is 72.6 Å². The van der Waals surface area contributed by atoms with Crippen molar-refractivity contribution in [2.75, 3.05) is 80.8 Å². The minimum Gasteiger partial charge on any atom is -0.411 e. The molecule has 16 nitrogen and oxygen atoms in total. The van der Waals surface area contributed by atoms with E-state index in [-0.39, 0.29) is 53.2 Å². The Hall–Kier alpha value is -5.86. The fourth-order valence-electron chi connectivity index (χ4n) is 9.00. The molecule has 0 spiro atoms. The molecule has 2 saturated heterocycles. The van der Waals surface area contributed by atoms with Crippen LogP contribution in [0, 0.1) is 15.5 Å². The number of pyridine rings is 1. The highest BCUT2D eigenvalue weighted by Gasteiger charge is 2.43. The van der Waals surface area contributed by atoms with Crippen molar-refractivity contribution in [3.63, 3.8) is 0 Å². The molecule has 3 N–H and O–H groups in total. The van der Waals surface area contributed by atoms with E-state index in [0.717, 1.165) is 37.9 Å². The average Bonchev–Trinajstić information content (AvgIpc) is 3.75. The van der Waals surface area contributed by atoms with Crippen LogP contribution in [0.25, 0.3) is 16.6 Å². The fourth-order valence-corrected chi connectivity index (χ4v) is 10.1. The standard InChI is InChI=1S/C46H49ClF2N8O8S/c1-45(2)13-11-31(37(24-45)29-3-5-32(47)6-4-29)26-54-15-17-55(18-16-54)33-7-9-36(39(22-33)56-28-46(48,49)65-44-41(56)21-30-12-14-50-42(30)52-44)43(58)53-66(61,62)35-8-10-38(40(23-35)57(59)60)51-25-34-27-63-19-20-64-34/h3-10,12,14,21-23,34,51H,11,13,15-20,24-28H2,1-2H3,(H,50,52)(H,53,58)/t34-/m0/s1. The summed E-state index contributed by atoms with van der Waals surface area (Å²) in [6.07, 6.45) is 0.484. The van der Waals surface area contributed by atoms with Crippen LogP contribution in [-0.2, 0) is 19.5 Å². The number of H-pyrrole nitrogens is 1. The summed E-state index contributed by atoms with van der Waals surface area (Å²) >= 11 is 6.24. The minimum atomic E-state index is -4.76. The zero-order valence-electron chi connectivity index (χ0n) is 36.3. The van der Waals surface area contributed by atoms with E-state index in [2.05, 4.69) is 51.1 Å². The van der Waals surface area contributed by atoms with Gasteiger partial charge in [0.2, 0.25) is 5.88 Å². The molecule has 0 bridgehead atoms. The van der Waals surface area contributed by atoms with E-state index in [1.807, 2.05) is 16.9 Å². The van der Waals surface area contributed by atoms with Gasteiger partial charge in [0.1, 0.15) is 23.6 Å². The summed E-state index contributed by atoms with van der Waals surface area (Å²) in [5, 5.41) is 16.3. The molecule has 20 heteroatoms. The number of piperazine rings is 1. The number of ether oxygens (including phenoxy) is 3. The van der Waals surface area contributed by atoms with Gasteiger partial charge in [-0.3, -0.25) is 19.8 Å². The van der Waals surface area contributed by atoms with Crippen LogP contribution < -0.4 is 24.6 Å². The Kier molecular flexibility index (Phi) is 12.4. The summed E-state index contributed by atoms with van der Waals surface area (Å²) < 4.78 is 76.8. The lowest BCUT2D eigenvalue weighted by atomic mass is 9.72.